The lowest BCUT2D eigenvalue weighted by atomic mass is 9.96. The molecular formula is C33H29FN2O5S. The van der Waals surface area contributed by atoms with E-state index in [4.69, 9.17) is 14.2 Å². The fourth-order valence-electron chi connectivity index (χ4n) is 4.60. The Balaban J connectivity index is 1.49. The highest BCUT2D eigenvalue weighted by atomic mass is 32.1. The average molecular weight is 585 g/mol. The molecule has 1 aliphatic heterocycles. The number of hydrogen-bond donors (Lipinski definition) is 0. The van der Waals surface area contributed by atoms with Gasteiger partial charge in [0.25, 0.3) is 5.56 Å². The molecule has 4 aromatic rings. The Bertz CT molecular complexity index is 1820. The van der Waals surface area contributed by atoms with Gasteiger partial charge in [0.2, 0.25) is 0 Å². The maximum Gasteiger partial charge on any atom is 0.338 e. The predicted molar refractivity (Wildman–Crippen MR) is 160 cm³/mol. The van der Waals surface area contributed by atoms with Crippen LogP contribution in [-0.2, 0) is 16.1 Å². The molecule has 0 saturated carbocycles. The van der Waals surface area contributed by atoms with Crippen LogP contribution in [0.5, 0.6) is 11.5 Å². The van der Waals surface area contributed by atoms with Gasteiger partial charge in [-0.15, -0.1) is 0 Å². The molecule has 0 unspecified atom stereocenters. The lowest BCUT2D eigenvalue weighted by Crippen LogP contribution is -2.39. The fraction of sp³-hybridized carbons (Fsp3) is 0.182. The van der Waals surface area contributed by atoms with E-state index in [2.05, 4.69) is 11.6 Å². The molecule has 0 aliphatic carbocycles. The van der Waals surface area contributed by atoms with Gasteiger partial charge < -0.3 is 14.2 Å². The van der Waals surface area contributed by atoms with Crippen molar-refractivity contribution in [2.75, 3.05) is 13.2 Å². The van der Waals surface area contributed by atoms with E-state index in [1.54, 1.807) is 73.0 Å². The number of hydrogen-bond acceptors (Lipinski definition) is 7. The molecule has 7 nitrogen and oxygen atoms in total. The number of thiazole rings is 1. The van der Waals surface area contributed by atoms with Crippen molar-refractivity contribution in [3.63, 3.8) is 0 Å². The lowest BCUT2D eigenvalue weighted by molar-refractivity contribution is -0.139. The van der Waals surface area contributed by atoms with Crippen LogP contribution in [0.4, 0.5) is 4.39 Å². The largest absolute Gasteiger partial charge is 0.490 e. The Kier molecular flexibility index (Phi) is 8.78. The molecule has 0 N–H and O–H groups in total. The number of nitrogens with zero attached hydrogens (tertiary/aromatic N) is 2. The van der Waals surface area contributed by atoms with Crippen LogP contribution in [0.25, 0.3) is 6.08 Å². The highest BCUT2D eigenvalue weighted by Crippen LogP contribution is 2.31. The number of allylic oxidation sites excluding steroid dienone is 1. The molecule has 1 atom stereocenters. The number of esters is 1. The van der Waals surface area contributed by atoms with E-state index in [0.717, 1.165) is 11.1 Å². The third-order valence-electron chi connectivity index (χ3n) is 6.61. The van der Waals surface area contributed by atoms with Crippen molar-refractivity contribution in [3.05, 3.63) is 139 Å². The molecule has 0 radical (unpaired) electrons. The van der Waals surface area contributed by atoms with Crippen molar-refractivity contribution in [2.45, 2.75) is 26.5 Å². The first-order valence-corrected chi connectivity index (χ1v) is 14.2. The quantitative estimate of drug-likeness (QED) is 0.192. The van der Waals surface area contributed by atoms with Crippen LogP contribution in [0.3, 0.4) is 0 Å². The number of aromatic nitrogens is 1. The van der Waals surface area contributed by atoms with E-state index >= 15 is 0 Å². The van der Waals surface area contributed by atoms with Gasteiger partial charge in [-0.25, -0.2) is 14.2 Å². The summed E-state index contributed by atoms with van der Waals surface area (Å²) in [5, 5.41) is 0. The Morgan fingerprint density at radius 3 is 2.43 bits per heavy atom. The van der Waals surface area contributed by atoms with Crippen molar-refractivity contribution in [2.24, 2.45) is 4.99 Å². The summed E-state index contributed by atoms with van der Waals surface area (Å²) < 4.78 is 32.6. The first-order valence-electron chi connectivity index (χ1n) is 13.4. The average Bonchev–Trinajstić information content (AvgIpc) is 3.29. The van der Waals surface area contributed by atoms with Crippen LogP contribution in [0, 0.1) is 5.82 Å². The zero-order valence-corrected chi connectivity index (χ0v) is 24.0. The molecule has 0 fully saturated rings. The molecule has 0 saturated heterocycles. The van der Waals surface area contributed by atoms with Crippen molar-refractivity contribution in [1.29, 1.82) is 0 Å². The summed E-state index contributed by atoms with van der Waals surface area (Å²) in [5.74, 6) is 0.384. The van der Waals surface area contributed by atoms with E-state index < -0.39 is 12.0 Å². The third-order valence-corrected chi connectivity index (χ3v) is 7.59. The number of halogens is 1. The van der Waals surface area contributed by atoms with E-state index in [-0.39, 0.29) is 24.6 Å². The summed E-state index contributed by atoms with van der Waals surface area (Å²) in [6.07, 6.45) is 3.43. The molecule has 0 bridgehead atoms. The fourth-order valence-corrected chi connectivity index (χ4v) is 5.64. The minimum absolute atomic E-state index is 0.105. The monoisotopic (exact) mass is 584 g/mol. The van der Waals surface area contributed by atoms with E-state index in [1.165, 1.54) is 17.4 Å². The second kappa shape index (κ2) is 12.8. The molecule has 0 amide bonds. The molecule has 0 spiro atoms. The van der Waals surface area contributed by atoms with E-state index in [1.807, 2.05) is 24.3 Å². The van der Waals surface area contributed by atoms with E-state index in [9.17, 15) is 14.0 Å². The van der Waals surface area contributed by atoms with E-state index in [0.29, 0.717) is 44.3 Å². The third kappa shape index (κ3) is 6.11. The summed E-state index contributed by atoms with van der Waals surface area (Å²) >= 11 is 1.25. The van der Waals surface area contributed by atoms with Crippen molar-refractivity contribution in [1.82, 2.24) is 4.57 Å². The van der Waals surface area contributed by atoms with Gasteiger partial charge in [-0.1, -0.05) is 66.5 Å². The molecule has 2 heterocycles. The maximum atomic E-state index is 13.9. The van der Waals surface area contributed by atoms with Crippen molar-refractivity contribution in [3.8, 4) is 11.5 Å². The second-order valence-electron chi connectivity index (χ2n) is 9.42. The van der Waals surface area contributed by atoms with Gasteiger partial charge in [-0.3, -0.25) is 9.36 Å². The zero-order valence-electron chi connectivity index (χ0n) is 23.2. The maximum absolute atomic E-state index is 13.9. The van der Waals surface area contributed by atoms with Crippen LogP contribution in [0.1, 0.15) is 36.6 Å². The standard InChI is InChI=1S/C33H29FN2O5S/c1-4-18-40-25-16-12-23(13-17-25)30-29(32(38)39-5-2)21(3)35-33-36(30)31(37)28(42-33)19-22-10-14-26(15-11-22)41-20-24-8-6-7-9-27(24)34/h4,6-17,19,30H,1,5,18,20H2,2-3H3/b28-19-/t30-/m1/s1. The smallest absolute Gasteiger partial charge is 0.338 e. The van der Waals surface area contributed by atoms with Crippen LogP contribution >= 0.6 is 11.3 Å². The molecule has 1 aliphatic rings. The van der Waals surface area contributed by atoms with Gasteiger partial charge in [-0.2, -0.15) is 0 Å². The van der Waals surface area contributed by atoms with Crippen LogP contribution < -0.4 is 24.4 Å². The molecule has 1 aromatic heterocycles. The first kappa shape index (κ1) is 28.8. The normalized spacial score (nSPS) is 14.6. The van der Waals surface area contributed by atoms with Gasteiger partial charge in [0.1, 0.15) is 30.5 Å². The Labute approximate surface area is 246 Å². The number of carbonyl (C=O) groups excluding carboxylic acids is 1. The van der Waals surface area contributed by atoms with Crippen LogP contribution in [-0.4, -0.2) is 23.8 Å². The molecule has 214 valence electrons. The Hall–Kier alpha value is -4.76. The summed E-state index contributed by atoms with van der Waals surface area (Å²) in [6.45, 7) is 7.81. The minimum atomic E-state index is -0.718. The number of ether oxygens (including phenoxy) is 3. The predicted octanol–water partition coefficient (Wildman–Crippen LogP) is 5.08. The number of benzene rings is 3. The highest BCUT2D eigenvalue weighted by Gasteiger charge is 2.33. The Morgan fingerprint density at radius 1 is 1.05 bits per heavy atom. The number of rotatable bonds is 10. The molecule has 42 heavy (non-hydrogen) atoms. The summed E-state index contributed by atoms with van der Waals surface area (Å²) in [6, 6.07) is 20.2. The van der Waals surface area contributed by atoms with Gasteiger partial charge >= 0.3 is 5.97 Å². The SMILES string of the molecule is C=CCOc1ccc([C@@H]2C(C(=O)OCC)=C(C)N=c3s/c(=C\c4ccc(OCc5ccccc5F)cc4)c(=O)n32)cc1. The topological polar surface area (TPSA) is 79.1 Å². The molecule has 9 heteroatoms. The number of fused-ring (bicyclic) bond motifs is 1. The number of carbonyl (C=O) groups is 1. The summed E-state index contributed by atoms with van der Waals surface area (Å²) in [7, 11) is 0. The van der Waals surface area contributed by atoms with Gasteiger partial charge in [-0.05, 0) is 61.4 Å². The molecular weight excluding hydrogens is 555 g/mol. The zero-order chi connectivity index (χ0) is 29.6. The summed E-state index contributed by atoms with van der Waals surface area (Å²) in [4.78, 5) is 32.0. The van der Waals surface area contributed by atoms with Gasteiger partial charge in [0.05, 0.1) is 28.5 Å². The Morgan fingerprint density at radius 2 is 1.74 bits per heavy atom. The van der Waals surface area contributed by atoms with Gasteiger partial charge in [0, 0.05) is 5.56 Å². The molecule has 5 rings (SSSR count). The van der Waals surface area contributed by atoms with Crippen molar-refractivity contribution < 1.29 is 23.4 Å². The van der Waals surface area contributed by atoms with Crippen molar-refractivity contribution >= 4 is 23.4 Å². The van der Waals surface area contributed by atoms with Crippen LogP contribution in [0.15, 0.2) is 107 Å². The van der Waals surface area contributed by atoms with Gasteiger partial charge in [0.15, 0.2) is 4.80 Å². The van der Waals surface area contributed by atoms with Crippen LogP contribution in [0.2, 0.25) is 0 Å². The molecule has 3 aromatic carbocycles. The first-order chi connectivity index (χ1) is 20.4. The lowest BCUT2D eigenvalue weighted by Gasteiger charge is -2.24. The second-order valence-corrected chi connectivity index (χ2v) is 10.4. The minimum Gasteiger partial charge on any atom is -0.490 e. The summed E-state index contributed by atoms with van der Waals surface area (Å²) in [5.41, 5.74) is 2.50. The highest BCUT2D eigenvalue weighted by molar-refractivity contribution is 7.07.